The van der Waals surface area contributed by atoms with E-state index in [0.717, 1.165) is 37.1 Å². The summed E-state index contributed by atoms with van der Waals surface area (Å²) in [6, 6.07) is 8.53. The van der Waals surface area contributed by atoms with Crippen LogP contribution in [0.4, 0.5) is 0 Å². The van der Waals surface area contributed by atoms with Crippen molar-refractivity contribution in [1.29, 1.82) is 0 Å². The molecule has 0 N–H and O–H groups in total. The maximum atomic E-state index is 5.67. The van der Waals surface area contributed by atoms with Gasteiger partial charge in [-0.05, 0) is 24.1 Å². The minimum atomic E-state index is 0.418. The van der Waals surface area contributed by atoms with Crippen LogP contribution in [0.1, 0.15) is 18.9 Å². The maximum absolute atomic E-state index is 5.67. The monoisotopic (exact) mass is 283 g/mol. The number of benzene rings is 1. The summed E-state index contributed by atoms with van der Waals surface area (Å²) in [6.45, 7) is 6.19. The predicted octanol–water partition coefficient (Wildman–Crippen LogP) is 3.06. The van der Waals surface area contributed by atoms with Gasteiger partial charge in [0.15, 0.2) is 0 Å². The third kappa shape index (κ3) is 3.30. The zero-order valence-electron chi connectivity index (χ0n) is 9.66. The summed E-state index contributed by atoms with van der Waals surface area (Å²) in [4.78, 5) is 2.47. The van der Waals surface area contributed by atoms with E-state index in [9.17, 15) is 0 Å². The van der Waals surface area contributed by atoms with Crippen molar-refractivity contribution in [3.8, 4) is 0 Å². The Morgan fingerprint density at radius 3 is 3.12 bits per heavy atom. The fourth-order valence-corrected chi connectivity index (χ4v) is 2.51. The summed E-state index contributed by atoms with van der Waals surface area (Å²) in [5, 5.41) is 0. The molecule has 0 spiro atoms. The van der Waals surface area contributed by atoms with Crippen molar-refractivity contribution in [3.05, 3.63) is 34.3 Å². The first kappa shape index (κ1) is 12.1. The molecule has 1 aromatic rings. The van der Waals surface area contributed by atoms with Gasteiger partial charge in [-0.15, -0.1) is 0 Å². The molecule has 0 amide bonds. The molecule has 2 nitrogen and oxygen atoms in total. The van der Waals surface area contributed by atoms with Crippen LogP contribution < -0.4 is 0 Å². The Bertz CT molecular complexity index is 342. The van der Waals surface area contributed by atoms with Crippen LogP contribution in [-0.2, 0) is 11.3 Å². The number of halogens is 1. The molecule has 1 aliphatic rings. The molecule has 1 saturated heterocycles. The van der Waals surface area contributed by atoms with Crippen LogP contribution in [0.3, 0.4) is 0 Å². The van der Waals surface area contributed by atoms with Gasteiger partial charge in [0.2, 0.25) is 0 Å². The second-order valence-electron chi connectivity index (χ2n) is 4.27. The first-order valence-corrected chi connectivity index (χ1v) is 6.65. The summed E-state index contributed by atoms with van der Waals surface area (Å²) in [7, 11) is 0. The van der Waals surface area contributed by atoms with Crippen molar-refractivity contribution < 1.29 is 4.74 Å². The summed E-state index contributed by atoms with van der Waals surface area (Å²) in [6.07, 6.45) is 1.52. The molecular weight excluding hydrogens is 266 g/mol. The Kier molecular flexibility index (Phi) is 4.38. The SMILES string of the molecule is CCC1CN(Cc2cccc(Br)c2)CCO1. The highest BCUT2D eigenvalue weighted by Crippen LogP contribution is 2.15. The molecule has 2 rings (SSSR count). The standard InChI is InChI=1S/C13H18BrNO/c1-2-13-10-15(6-7-16-13)9-11-4-3-5-12(14)8-11/h3-5,8,13H,2,6-7,9-10H2,1H3. The lowest BCUT2D eigenvalue weighted by atomic mass is 10.1. The van der Waals surface area contributed by atoms with Crippen LogP contribution in [0.25, 0.3) is 0 Å². The lowest BCUT2D eigenvalue weighted by molar-refractivity contribution is -0.0324. The highest BCUT2D eigenvalue weighted by molar-refractivity contribution is 9.10. The van der Waals surface area contributed by atoms with Crippen LogP contribution in [0.15, 0.2) is 28.7 Å². The molecule has 0 saturated carbocycles. The number of morpholine rings is 1. The second kappa shape index (κ2) is 5.80. The van der Waals surface area contributed by atoms with E-state index in [0.29, 0.717) is 6.10 Å². The highest BCUT2D eigenvalue weighted by Gasteiger charge is 2.18. The third-order valence-corrected chi connectivity index (χ3v) is 3.47. The van der Waals surface area contributed by atoms with Crippen molar-refractivity contribution in [2.45, 2.75) is 26.0 Å². The average molecular weight is 284 g/mol. The van der Waals surface area contributed by atoms with Crippen molar-refractivity contribution in [1.82, 2.24) is 4.90 Å². The molecule has 16 heavy (non-hydrogen) atoms. The van der Waals surface area contributed by atoms with Crippen molar-refractivity contribution in [2.75, 3.05) is 19.7 Å². The number of ether oxygens (including phenoxy) is 1. The smallest absolute Gasteiger partial charge is 0.0700 e. The molecule has 1 unspecified atom stereocenters. The quantitative estimate of drug-likeness (QED) is 0.846. The molecule has 0 aliphatic carbocycles. The summed E-state index contributed by atoms with van der Waals surface area (Å²) < 4.78 is 6.83. The van der Waals surface area contributed by atoms with Gasteiger partial charge in [0, 0.05) is 24.1 Å². The zero-order chi connectivity index (χ0) is 11.4. The molecular formula is C13H18BrNO. The van der Waals surface area contributed by atoms with Gasteiger partial charge in [-0.1, -0.05) is 35.0 Å². The molecule has 1 aliphatic heterocycles. The Morgan fingerprint density at radius 2 is 2.38 bits per heavy atom. The Balaban J connectivity index is 1.94. The minimum absolute atomic E-state index is 0.418. The third-order valence-electron chi connectivity index (χ3n) is 2.97. The molecule has 1 heterocycles. The van der Waals surface area contributed by atoms with Gasteiger partial charge >= 0.3 is 0 Å². The molecule has 3 heteroatoms. The summed E-state index contributed by atoms with van der Waals surface area (Å²) >= 11 is 3.51. The van der Waals surface area contributed by atoms with Gasteiger partial charge in [-0.3, -0.25) is 4.90 Å². The molecule has 88 valence electrons. The normalized spacial score (nSPS) is 22.2. The topological polar surface area (TPSA) is 12.5 Å². The fourth-order valence-electron chi connectivity index (χ4n) is 2.06. The number of hydrogen-bond acceptors (Lipinski definition) is 2. The van der Waals surface area contributed by atoms with Gasteiger partial charge in [0.1, 0.15) is 0 Å². The highest BCUT2D eigenvalue weighted by atomic mass is 79.9. The summed E-state index contributed by atoms with van der Waals surface area (Å²) in [5.74, 6) is 0. The van der Waals surface area contributed by atoms with E-state index in [1.165, 1.54) is 5.56 Å². The largest absolute Gasteiger partial charge is 0.376 e. The average Bonchev–Trinajstić information content (AvgIpc) is 2.29. The van der Waals surface area contributed by atoms with E-state index in [2.05, 4.69) is 52.0 Å². The fraction of sp³-hybridized carbons (Fsp3) is 0.538. The first-order valence-electron chi connectivity index (χ1n) is 5.86. The minimum Gasteiger partial charge on any atom is -0.376 e. The van der Waals surface area contributed by atoms with Crippen molar-refractivity contribution >= 4 is 15.9 Å². The van der Waals surface area contributed by atoms with Gasteiger partial charge in [-0.25, -0.2) is 0 Å². The van der Waals surface area contributed by atoms with Gasteiger partial charge in [0.25, 0.3) is 0 Å². The lowest BCUT2D eigenvalue weighted by Gasteiger charge is -2.32. The van der Waals surface area contributed by atoms with Gasteiger partial charge < -0.3 is 4.74 Å². The zero-order valence-corrected chi connectivity index (χ0v) is 11.2. The molecule has 1 aromatic carbocycles. The molecule has 0 bridgehead atoms. The molecule has 1 fully saturated rings. The van der Waals surface area contributed by atoms with Gasteiger partial charge in [0.05, 0.1) is 12.7 Å². The van der Waals surface area contributed by atoms with Crippen molar-refractivity contribution in [3.63, 3.8) is 0 Å². The summed E-state index contributed by atoms with van der Waals surface area (Å²) in [5.41, 5.74) is 1.37. The number of rotatable bonds is 3. The van der Waals surface area contributed by atoms with E-state index < -0.39 is 0 Å². The van der Waals surface area contributed by atoms with E-state index >= 15 is 0 Å². The molecule has 0 radical (unpaired) electrons. The maximum Gasteiger partial charge on any atom is 0.0700 e. The predicted molar refractivity (Wildman–Crippen MR) is 69.5 cm³/mol. The number of nitrogens with zero attached hydrogens (tertiary/aromatic N) is 1. The molecule has 1 atom stereocenters. The van der Waals surface area contributed by atoms with Crippen LogP contribution in [0, 0.1) is 0 Å². The van der Waals surface area contributed by atoms with Crippen LogP contribution >= 0.6 is 15.9 Å². The van der Waals surface area contributed by atoms with E-state index in [1.807, 2.05) is 0 Å². The second-order valence-corrected chi connectivity index (χ2v) is 5.18. The Labute approximate surface area is 106 Å². The Morgan fingerprint density at radius 1 is 1.50 bits per heavy atom. The van der Waals surface area contributed by atoms with E-state index in [4.69, 9.17) is 4.74 Å². The Hall–Kier alpha value is -0.380. The van der Waals surface area contributed by atoms with Crippen LogP contribution in [-0.4, -0.2) is 30.7 Å². The van der Waals surface area contributed by atoms with E-state index in [-0.39, 0.29) is 0 Å². The first-order chi connectivity index (χ1) is 7.78. The van der Waals surface area contributed by atoms with Crippen LogP contribution in [0.2, 0.25) is 0 Å². The van der Waals surface area contributed by atoms with Gasteiger partial charge in [-0.2, -0.15) is 0 Å². The lowest BCUT2D eigenvalue weighted by Crippen LogP contribution is -2.41. The number of hydrogen-bond donors (Lipinski definition) is 0. The van der Waals surface area contributed by atoms with E-state index in [1.54, 1.807) is 0 Å². The molecule has 0 aromatic heterocycles. The van der Waals surface area contributed by atoms with Crippen molar-refractivity contribution in [2.24, 2.45) is 0 Å². The van der Waals surface area contributed by atoms with Crippen LogP contribution in [0.5, 0.6) is 0 Å².